The molecule has 2 aromatic carbocycles. The number of sulfonamides is 1. The van der Waals surface area contributed by atoms with Crippen LogP contribution in [0.25, 0.3) is 17.3 Å². The van der Waals surface area contributed by atoms with Crippen LogP contribution in [0.5, 0.6) is 0 Å². The topological polar surface area (TPSA) is 133 Å². The second kappa shape index (κ2) is 9.61. The lowest BCUT2D eigenvalue weighted by atomic mass is 10.1. The van der Waals surface area contributed by atoms with Gasteiger partial charge in [0.15, 0.2) is 10.9 Å². The van der Waals surface area contributed by atoms with Crippen LogP contribution in [0.15, 0.2) is 87.5 Å². The van der Waals surface area contributed by atoms with Crippen molar-refractivity contribution in [3.63, 3.8) is 0 Å². The number of nitrogens with two attached hydrogens (primary N) is 1. The fourth-order valence-electron chi connectivity index (χ4n) is 3.18. The Morgan fingerprint density at radius 1 is 1.09 bits per heavy atom. The van der Waals surface area contributed by atoms with E-state index in [1.807, 2.05) is 41.8 Å². The Morgan fingerprint density at radius 3 is 2.45 bits per heavy atom. The molecule has 0 fully saturated rings. The summed E-state index contributed by atoms with van der Waals surface area (Å²) in [6, 6.07) is 18.9. The van der Waals surface area contributed by atoms with Crippen molar-refractivity contribution in [1.82, 2.24) is 20.1 Å². The Kier molecular flexibility index (Phi) is 6.63. The van der Waals surface area contributed by atoms with E-state index in [0.717, 1.165) is 11.3 Å². The van der Waals surface area contributed by atoms with Crippen LogP contribution < -0.4 is 10.5 Å². The molecule has 0 saturated carbocycles. The molecule has 0 aliphatic carbocycles. The van der Waals surface area contributed by atoms with Crippen molar-refractivity contribution in [2.24, 2.45) is 5.14 Å². The van der Waals surface area contributed by atoms with E-state index in [-0.39, 0.29) is 22.6 Å². The Balaban J connectivity index is 1.46. The predicted molar refractivity (Wildman–Crippen MR) is 124 cm³/mol. The first-order chi connectivity index (χ1) is 15.8. The summed E-state index contributed by atoms with van der Waals surface area (Å²) in [6.45, 7) is 1.82. The maximum Gasteiger partial charge on any atom is 0.238 e. The number of aromatic nitrogens is 3. The highest BCUT2D eigenvalue weighted by Crippen LogP contribution is 2.28. The quantitative estimate of drug-likeness (QED) is 0.368. The molecule has 0 aliphatic heterocycles. The summed E-state index contributed by atoms with van der Waals surface area (Å²) in [4.78, 5) is 12.6. The van der Waals surface area contributed by atoms with Crippen LogP contribution in [0.2, 0.25) is 0 Å². The molecular formula is C22H21N5O4S2. The van der Waals surface area contributed by atoms with Crippen molar-refractivity contribution in [3.05, 3.63) is 78.6 Å². The molecular weight excluding hydrogens is 462 g/mol. The summed E-state index contributed by atoms with van der Waals surface area (Å²) < 4.78 is 30.1. The van der Waals surface area contributed by atoms with Gasteiger partial charge in [0.25, 0.3) is 0 Å². The van der Waals surface area contributed by atoms with Crippen LogP contribution in [0.1, 0.15) is 18.5 Å². The maximum absolute atomic E-state index is 12.6. The molecule has 0 bridgehead atoms. The molecule has 0 unspecified atom stereocenters. The number of thioether (sulfide) groups is 1. The molecule has 1 atom stereocenters. The first-order valence-electron chi connectivity index (χ1n) is 9.92. The van der Waals surface area contributed by atoms with Gasteiger partial charge < -0.3 is 9.73 Å². The Morgan fingerprint density at radius 2 is 1.82 bits per heavy atom. The van der Waals surface area contributed by atoms with Gasteiger partial charge in [-0.15, -0.1) is 10.2 Å². The Bertz CT molecular complexity index is 1340. The maximum atomic E-state index is 12.6. The molecule has 11 heteroatoms. The van der Waals surface area contributed by atoms with Gasteiger partial charge in [0.2, 0.25) is 21.8 Å². The zero-order valence-electron chi connectivity index (χ0n) is 17.6. The molecule has 4 rings (SSSR count). The first-order valence-corrected chi connectivity index (χ1v) is 12.5. The number of carbonyl (C=O) groups is 1. The summed E-state index contributed by atoms with van der Waals surface area (Å²) >= 11 is 1.25. The summed E-state index contributed by atoms with van der Waals surface area (Å²) in [5, 5.41) is 17.1. The molecule has 4 aromatic rings. The number of nitrogens with one attached hydrogen (secondary N) is 1. The van der Waals surface area contributed by atoms with Gasteiger partial charge >= 0.3 is 0 Å². The zero-order chi connectivity index (χ0) is 23.4. The minimum atomic E-state index is -3.76. The molecule has 9 nitrogen and oxygen atoms in total. The number of hydrogen-bond donors (Lipinski definition) is 2. The summed E-state index contributed by atoms with van der Waals surface area (Å²) in [5.74, 6) is 1.02. The number of carbonyl (C=O) groups excluding carboxylic acids is 1. The zero-order valence-corrected chi connectivity index (χ0v) is 19.2. The Hall–Kier alpha value is -3.41. The van der Waals surface area contributed by atoms with Crippen molar-refractivity contribution in [1.29, 1.82) is 0 Å². The van der Waals surface area contributed by atoms with Crippen LogP contribution in [0.4, 0.5) is 0 Å². The van der Waals surface area contributed by atoms with Gasteiger partial charge in [-0.25, -0.2) is 13.6 Å². The normalized spacial score (nSPS) is 12.4. The van der Waals surface area contributed by atoms with Crippen molar-refractivity contribution in [2.45, 2.75) is 23.0 Å². The highest BCUT2D eigenvalue weighted by Gasteiger charge is 2.19. The van der Waals surface area contributed by atoms with E-state index in [4.69, 9.17) is 9.56 Å². The third kappa shape index (κ3) is 5.33. The van der Waals surface area contributed by atoms with Gasteiger partial charge in [0.05, 0.1) is 23.0 Å². The number of amides is 1. The van der Waals surface area contributed by atoms with Crippen molar-refractivity contribution >= 4 is 27.7 Å². The smallest absolute Gasteiger partial charge is 0.238 e. The summed E-state index contributed by atoms with van der Waals surface area (Å²) in [5.41, 5.74) is 1.61. The molecule has 1 amide bonds. The number of primary sulfonamides is 1. The lowest BCUT2D eigenvalue weighted by Crippen LogP contribution is -2.28. The third-order valence-corrected chi connectivity index (χ3v) is 6.67. The Labute approximate surface area is 195 Å². The SMILES string of the molecule is C[C@H](NC(=O)CSc1nnc(-c2ccco2)n1-c1ccccc1)c1ccc(S(N)(=O)=O)cc1. The monoisotopic (exact) mass is 483 g/mol. The molecule has 0 saturated heterocycles. The van der Waals surface area contributed by atoms with Crippen LogP contribution in [0.3, 0.4) is 0 Å². The van der Waals surface area contributed by atoms with Crippen LogP contribution >= 0.6 is 11.8 Å². The number of hydrogen-bond acceptors (Lipinski definition) is 7. The second-order valence-corrected chi connectivity index (χ2v) is 9.65. The lowest BCUT2D eigenvalue weighted by Gasteiger charge is -2.15. The van der Waals surface area contributed by atoms with Crippen LogP contribution in [-0.2, 0) is 14.8 Å². The fourth-order valence-corrected chi connectivity index (χ4v) is 4.46. The van der Waals surface area contributed by atoms with E-state index in [0.29, 0.717) is 16.7 Å². The van der Waals surface area contributed by atoms with E-state index in [1.54, 1.807) is 30.5 Å². The number of benzene rings is 2. The van der Waals surface area contributed by atoms with E-state index in [9.17, 15) is 13.2 Å². The number of nitrogens with zero attached hydrogens (tertiary/aromatic N) is 3. The standard InChI is InChI=1S/C22H21N5O4S2/c1-15(16-9-11-18(12-10-16)33(23,29)30)24-20(28)14-32-22-26-25-21(19-8-5-13-31-19)27(22)17-6-3-2-4-7-17/h2-13,15H,14H2,1H3,(H,24,28)(H2,23,29,30)/t15-/m0/s1. The lowest BCUT2D eigenvalue weighted by molar-refractivity contribution is -0.119. The van der Waals surface area contributed by atoms with Gasteiger partial charge in [-0.3, -0.25) is 9.36 Å². The fraction of sp³-hybridized carbons (Fsp3) is 0.136. The molecule has 0 aliphatic rings. The highest BCUT2D eigenvalue weighted by atomic mass is 32.2. The predicted octanol–water partition coefficient (Wildman–Crippen LogP) is 3.14. The number of rotatable bonds is 8. The highest BCUT2D eigenvalue weighted by molar-refractivity contribution is 7.99. The number of furan rings is 1. The van der Waals surface area contributed by atoms with E-state index < -0.39 is 10.0 Å². The van der Waals surface area contributed by atoms with Crippen LogP contribution in [-0.4, -0.2) is 34.8 Å². The molecule has 2 heterocycles. The molecule has 0 spiro atoms. The minimum absolute atomic E-state index is 0.0212. The van der Waals surface area contributed by atoms with E-state index in [2.05, 4.69) is 15.5 Å². The number of para-hydroxylation sites is 1. The van der Waals surface area contributed by atoms with Crippen molar-refractivity contribution < 1.29 is 17.6 Å². The average molecular weight is 484 g/mol. The minimum Gasteiger partial charge on any atom is -0.461 e. The van der Waals surface area contributed by atoms with Crippen LogP contribution in [0, 0.1) is 0 Å². The van der Waals surface area contributed by atoms with Gasteiger partial charge in [-0.2, -0.15) is 0 Å². The average Bonchev–Trinajstić information content (AvgIpc) is 3.47. The molecule has 0 radical (unpaired) electrons. The largest absolute Gasteiger partial charge is 0.461 e. The molecule has 33 heavy (non-hydrogen) atoms. The van der Waals surface area contributed by atoms with E-state index in [1.165, 1.54) is 23.9 Å². The van der Waals surface area contributed by atoms with Gasteiger partial charge in [-0.05, 0) is 48.9 Å². The van der Waals surface area contributed by atoms with Crippen molar-refractivity contribution in [2.75, 3.05) is 5.75 Å². The van der Waals surface area contributed by atoms with Crippen molar-refractivity contribution in [3.8, 4) is 17.3 Å². The summed E-state index contributed by atoms with van der Waals surface area (Å²) in [6.07, 6.45) is 1.57. The van der Waals surface area contributed by atoms with Gasteiger partial charge in [0.1, 0.15) is 0 Å². The second-order valence-electron chi connectivity index (χ2n) is 7.15. The molecule has 3 N–H and O–H groups in total. The first kappa shape index (κ1) is 22.8. The van der Waals surface area contributed by atoms with Gasteiger partial charge in [0, 0.05) is 5.69 Å². The summed E-state index contributed by atoms with van der Waals surface area (Å²) in [7, 11) is -3.76. The molecule has 2 aromatic heterocycles. The third-order valence-electron chi connectivity index (χ3n) is 4.81. The molecule has 170 valence electrons. The van der Waals surface area contributed by atoms with Gasteiger partial charge in [-0.1, -0.05) is 42.1 Å². The van der Waals surface area contributed by atoms with E-state index >= 15 is 0 Å².